The van der Waals surface area contributed by atoms with E-state index < -0.39 is 95.5 Å². The number of nitrogens with two attached hydrogens (primary N) is 1. The number of ether oxygens (including phenoxy) is 5. The van der Waals surface area contributed by atoms with Crippen molar-refractivity contribution in [3.63, 3.8) is 0 Å². The maximum Gasteiger partial charge on any atom is 0.409 e. The molecule has 3 heterocycles. The number of aryl methyl sites for hydroxylation is 2. The molecule has 88 heavy (non-hydrogen) atoms. The van der Waals surface area contributed by atoms with Gasteiger partial charge in [-0.25, -0.2) is 14.4 Å². The number of epoxide rings is 1. The Kier molecular flexibility index (Phi) is 27.3. The Hall–Kier alpha value is -5.72. The Balaban J connectivity index is 1.31. The van der Waals surface area contributed by atoms with Crippen LogP contribution in [0.5, 0.6) is 0 Å². The van der Waals surface area contributed by atoms with Crippen molar-refractivity contribution >= 4 is 102 Å². The van der Waals surface area contributed by atoms with Crippen molar-refractivity contribution in [3.05, 3.63) is 87.0 Å². The van der Waals surface area contributed by atoms with E-state index in [0.717, 1.165) is 16.7 Å². The number of primary amides is 1. The van der Waals surface area contributed by atoms with Crippen molar-refractivity contribution in [2.75, 3.05) is 43.3 Å². The largest absolute Gasteiger partial charge is 0.462 e. The van der Waals surface area contributed by atoms with Crippen LogP contribution >= 0.6 is 43.5 Å². The Bertz CT molecular complexity index is 2940. The summed E-state index contributed by atoms with van der Waals surface area (Å²) in [5, 5.41) is 21.2. The number of Topliss-reactive ketones (excluding diaryl/α,β-unsaturated/α-hetero) is 2. The first-order chi connectivity index (χ1) is 41.4. The Morgan fingerprint density at radius 2 is 1.67 bits per heavy atom. The molecule has 6 N–H and O–H groups in total. The molecule has 2 aromatic carbocycles. The minimum absolute atomic E-state index is 0.0376. The van der Waals surface area contributed by atoms with Crippen molar-refractivity contribution in [3.8, 4) is 0 Å². The van der Waals surface area contributed by atoms with Gasteiger partial charge in [0.25, 0.3) is 5.91 Å². The number of nitrogens with zero attached hydrogens (tertiary/aromatic N) is 2. The fourth-order valence-corrected chi connectivity index (χ4v) is 13.0. The van der Waals surface area contributed by atoms with Crippen LogP contribution in [0, 0.1) is 37.5 Å². The van der Waals surface area contributed by atoms with Gasteiger partial charge in [0.15, 0.2) is 11.5 Å². The summed E-state index contributed by atoms with van der Waals surface area (Å²) in [5.74, 6) is -5.02. The molecule has 5 rings (SSSR count). The number of anilines is 1. The summed E-state index contributed by atoms with van der Waals surface area (Å²) in [4.78, 5) is 124. The van der Waals surface area contributed by atoms with Gasteiger partial charge < -0.3 is 55.0 Å². The van der Waals surface area contributed by atoms with Gasteiger partial charge in [0.2, 0.25) is 11.8 Å². The van der Waals surface area contributed by atoms with E-state index in [4.69, 9.17) is 41.0 Å². The SMILES string of the molecule is CO[C@@H]1/C=C/C=C(\C)Cc2cc(C)c(Cl)c(c2)N(C)C(=O)C[C@H](OC(=O)[C@H](C)N(C)C(=O)c2ccc(CC(=O)[C@H](CCCNC(N)=O)NC(=O)[C@@H](CC(=O)CCCCC(C)OC(=O)C(CBr)CBr)C(C)C)c(C)c2)[C@]2(C)O[C@H]2[C@H](C)[C@@H]2C[C@@]1(O)NC(=O)O2. The summed E-state index contributed by atoms with van der Waals surface area (Å²) in [6.07, 6.45) is 2.33. The number of benzene rings is 2. The molecule has 3 aliphatic heterocycles. The van der Waals surface area contributed by atoms with Crippen LogP contribution in [0.25, 0.3) is 0 Å². The van der Waals surface area contributed by atoms with Gasteiger partial charge in [-0.2, -0.15) is 0 Å². The number of carbonyl (C=O) groups excluding carboxylic acids is 9. The molecular formula is C64H89Br2ClN6O15. The van der Waals surface area contributed by atoms with E-state index >= 15 is 0 Å². The van der Waals surface area contributed by atoms with Crippen LogP contribution in [0.2, 0.25) is 5.02 Å². The van der Waals surface area contributed by atoms with Gasteiger partial charge in [0.05, 0.1) is 41.3 Å². The number of esters is 2. The minimum atomic E-state index is -1.89. The van der Waals surface area contributed by atoms with Gasteiger partial charge >= 0.3 is 24.1 Å². The highest BCUT2D eigenvalue weighted by Gasteiger charge is 2.64. The summed E-state index contributed by atoms with van der Waals surface area (Å²) in [5.41, 5.74) is 6.33. The topological polar surface area (TPSA) is 292 Å². The third kappa shape index (κ3) is 19.6. The number of rotatable bonds is 26. The van der Waals surface area contributed by atoms with Gasteiger partial charge in [0.1, 0.15) is 35.7 Å². The molecule has 0 aliphatic carbocycles. The average molecular weight is 1380 g/mol. The molecule has 2 aromatic rings. The lowest BCUT2D eigenvalue weighted by Gasteiger charge is -2.42. The second-order valence-corrected chi connectivity index (χ2v) is 26.0. The molecule has 11 atom stereocenters. The molecule has 4 bridgehead atoms. The van der Waals surface area contributed by atoms with E-state index in [-0.39, 0.29) is 86.1 Å². The van der Waals surface area contributed by atoms with E-state index in [1.807, 2.05) is 52.8 Å². The van der Waals surface area contributed by atoms with Crippen LogP contribution in [0.4, 0.5) is 15.3 Å². The number of carbonyl (C=O) groups is 9. The number of aliphatic hydroxyl groups is 1. The van der Waals surface area contributed by atoms with Crippen LogP contribution in [-0.4, -0.2) is 156 Å². The molecule has 486 valence electrons. The number of urea groups is 1. The summed E-state index contributed by atoms with van der Waals surface area (Å²) in [6.45, 7) is 16.0. The fourth-order valence-electron chi connectivity index (χ4n) is 11.1. The molecular weight excluding hydrogens is 1290 g/mol. The second-order valence-electron chi connectivity index (χ2n) is 24.3. The van der Waals surface area contributed by atoms with Crippen molar-refractivity contribution in [1.29, 1.82) is 0 Å². The number of halogens is 3. The van der Waals surface area contributed by atoms with Crippen LogP contribution in [0.15, 0.2) is 54.1 Å². The maximum absolute atomic E-state index is 14.5. The highest BCUT2D eigenvalue weighted by atomic mass is 79.9. The highest BCUT2D eigenvalue weighted by Crippen LogP contribution is 2.49. The number of hydrogen-bond acceptors (Lipinski definition) is 15. The predicted molar refractivity (Wildman–Crippen MR) is 340 cm³/mol. The van der Waals surface area contributed by atoms with Crippen molar-refractivity contribution < 1.29 is 71.9 Å². The molecule has 0 radical (unpaired) electrons. The number of amides is 6. The molecule has 1 unspecified atom stereocenters. The number of methoxy groups -OCH3 is 1. The monoisotopic (exact) mass is 1370 g/mol. The molecule has 21 nitrogen and oxygen atoms in total. The predicted octanol–water partition coefficient (Wildman–Crippen LogP) is 8.61. The van der Waals surface area contributed by atoms with E-state index in [1.165, 1.54) is 36.9 Å². The molecule has 0 spiro atoms. The lowest BCUT2D eigenvalue weighted by atomic mass is 9.83. The van der Waals surface area contributed by atoms with Crippen molar-refractivity contribution in [2.45, 2.75) is 187 Å². The fraction of sp³-hybridized carbons (Fsp3) is 0.609. The van der Waals surface area contributed by atoms with Crippen LogP contribution in [-0.2, 0) is 65.3 Å². The first-order valence-corrected chi connectivity index (χ1v) is 32.6. The van der Waals surface area contributed by atoms with E-state index in [1.54, 1.807) is 52.1 Å². The second kappa shape index (κ2) is 32.8. The minimum Gasteiger partial charge on any atom is -0.462 e. The molecule has 2 saturated heterocycles. The van der Waals surface area contributed by atoms with Gasteiger partial charge in [-0.05, 0) is 126 Å². The molecule has 0 aromatic heterocycles. The third-order valence-electron chi connectivity index (χ3n) is 17.0. The van der Waals surface area contributed by atoms with E-state index in [0.29, 0.717) is 64.6 Å². The summed E-state index contributed by atoms with van der Waals surface area (Å²) >= 11 is 13.5. The Labute approximate surface area is 538 Å². The number of unbranched alkanes of at least 4 members (excludes halogenated alkanes) is 1. The van der Waals surface area contributed by atoms with Crippen molar-refractivity contribution in [2.24, 2.45) is 29.4 Å². The summed E-state index contributed by atoms with van der Waals surface area (Å²) in [6, 6.07) is 5.53. The maximum atomic E-state index is 14.5. The number of ketones is 2. The highest BCUT2D eigenvalue weighted by molar-refractivity contribution is 9.09. The standard InChI is InChI=1S/C64H89Br2ClN6O15/c1-35(2)47(30-46(74)19-14-13-18-39(6)85-60(80)45(33-65)34-66)57(77)70-48(20-16-24-69-61(68)81)50(75)29-43-22-23-44(27-37(43)4)58(78)72(10)41(8)59(79)87-53-31-54(76)73(11)49-28-42(26-38(5)55(49)67)25-36(3)17-15-21-52(84-12)64(83)32-51(86-62(82)71-64)40(7)56-63(53,9)88-56/h15,17,21-23,26-28,35,39-41,45,47-48,51-53,56,83H,13-14,16,18-20,24-25,29-34H2,1-12H3,(H,70,77)(H,71,82)(H3,68,69,81)/b21-15+,36-17+/t39?,40-,41+,47+,48+,51+,52-,53+,56+,63+,64+/m1/s1. The van der Waals surface area contributed by atoms with Gasteiger partial charge in [0, 0.05) is 81.5 Å². The van der Waals surface area contributed by atoms with Crippen LogP contribution in [0.3, 0.4) is 0 Å². The van der Waals surface area contributed by atoms with Gasteiger partial charge in [-0.15, -0.1) is 0 Å². The van der Waals surface area contributed by atoms with Crippen LogP contribution < -0.4 is 26.6 Å². The Morgan fingerprint density at radius 3 is 2.31 bits per heavy atom. The van der Waals surface area contributed by atoms with Gasteiger partial charge in [-0.3, -0.25) is 34.1 Å². The number of hydrogen-bond donors (Lipinski definition) is 5. The summed E-state index contributed by atoms with van der Waals surface area (Å²) in [7, 11) is 4.43. The zero-order valence-corrected chi connectivity index (χ0v) is 56.6. The Morgan fingerprint density at radius 1 is 0.977 bits per heavy atom. The lowest BCUT2D eigenvalue weighted by Crippen LogP contribution is -2.63. The van der Waals surface area contributed by atoms with Gasteiger partial charge in [-0.1, -0.05) is 100 Å². The zero-order chi connectivity index (χ0) is 65.5. The molecule has 0 saturated carbocycles. The van der Waals surface area contributed by atoms with E-state index in [2.05, 4.69) is 47.8 Å². The molecule has 24 heteroatoms. The number of nitrogens with one attached hydrogen (secondary N) is 3. The molecule has 3 aliphatic rings. The molecule has 2 fully saturated rings. The molecule has 6 amide bonds. The third-order valence-corrected chi connectivity index (χ3v) is 19.1. The number of alkyl carbamates (subject to hydrolysis) is 1. The number of likely N-dealkylation sites (N-methyl/N-ethyl adjacent to an activating group) is 1. The van der Waals surface area contributed by atoms with E-state index in [9.17, 15) is 48.3 Å². The quantitative estimate of drug-likeness (QED) is 0.0194. The number of alkyl halides is 2. The normalized spacial score (nSPS) is 24.5. The number of allylic oxidation sites excluding steroid dienone is 3. The first-order valence-electron chi connectivity index (χ1n) is 30.0. The smallest absolute Gasteiger partial charge is 0.409 e. The first kappa shape index (κ1) is 73.0. The zero-order valence-electron chi connectivity index (χ0n) is 52.6. The number of fused-ring (bicyclic) bond motifs is 5. The lowest BCUT2D eigenvalue weighted by molar-refractivity contribution is -0.158. The van der Waals surface area contributed by atoms with Crippen LogP contribution in [0.1, 0.15) is 139 Å². The van der Waals surface area contributed by atoms with Crippen molar-refractivity contribution in [1.82, 2.24) is 20.9 Å². The summed E-state index contributed by atoms with van der Waals surface area (Å²) < 4.78 is 29.6. The average Bonchev–Trinajstić information content (AvgIpc) is 2.39.